The van der Waals surface area contributed by atoms with Crippen molar-refractivity contribution >= 4 is 17.0 Å². The number of nitrogens with zero attached hydrogens (tertiary/aromatic N) is 4. The van der Waals surface area contributed by atoms with E-state index in [-0.39, 0.29) is 0 Å². The number of benzene rings is 1. The van der Waals surface area contributed by atoms with E-state index in [4.69, 9.17) is 5.73 Å². The molecule has 19 heavy (non-hydrogen) atoms. The fourth-order valence-corrected chi connectivity index (χ4v) is 2.23. The van der Waals surface area contributed by atoms with Crippen LogP contribution in [0.25, 0.3) is 5.52 Å². The lowest BCUT2D eigenvalue weighted by atomic mass is 10.1. The molecule has 0 radical (unpaired) electrons. The lowest BCUT2D eigenvalue weighted by Crippen LogP contribution is -2.15. The van der Waals surface area contributed by atoms with Gasteiger partial charge in [0.2, 0.25) is 0 Å². The summed E-state index contributed by atoms with van der Waals surface area (Å²) in [4.78, 5) is 6.50. The van der Waals surface area contributed by atoms with Gasteiger partial charge in [-0.05, 0) is 17.7 Å². The van der Waals surface area contributed by atoms with Gasteiger partial charge >= 0.3 is 0 Å². The highest BCUT2D eigenvalue weighted by molar-refractivity contribution is 5.75. The van der Waals surface area contributed by atoms with Crippen LogP contribution >= 0.6 is 0 Å². The van der Waals surface area contributed by atoms with Crippen molar-refractivity contribution in [1.29, 1.82) is 0 Å². The average molecular weight is 253 g/mol. The van der Waals surface area contributed by atoms with Crippen LogP contribution in [0.15, 0.2) is 48.9 Å². The van der Waals surface area contributed by atoms with E-state index in [0.717, 1.165) is 22.6 Å². The highest BCUT2D eigenvalue weighted by atomic mass is 15.3. The van der Waals surface area contributed by atoms with E-state index in [1.165, 1.54) is 0 Å². The molecule has 1 aromatic carbocycles. The van der Waals surface area contributed by atoms with Gasteiger partial charge in [0, 0.05) is 31.7 Å². The van der Waals surface area contributed by atoms with Gasteiger partial charge in [0.05, 0.1) is 6.20 Å². The average Bonchev–Trinajstić information content (AvgIpc) is 2.94. The van der Waals surface area contributed by atoms with Crippen LogP contribution < -0.4 is 10.6 Å². The van der Waals surface area contributed by atoms with Crippen molar-refractivity contribution in [3.05, 3.63) is 54.5 Å². The zero-order valence-corrected chi connectivity index (χ0v) is 10.7. The largest absolute Gasteiger partial charge is 0.327 e. The van der Waals surface area contributed by atoms with Crippen molar-refractivity contribution in [3.8, 4) is 0 Å². The Kier molecular flexibility index (Phi) is 2.89. The summed E-state index contributed by atoms with van der Waals surface area (Å²) in [5.41, 5.74) is 8.92. The lowest BCUT2D eigenvalue weighted by Gasteiger charge is -2.21. The summed E-state index contributed by atoms with van der Waals surface area (Å²) >= 11 is 0. The molecule has 5 heteroatoms. The number of fused-ring (bicyclic) bond motifs is 1. The molecule has 2 aromatic heterocycles. The molecule has 0 bridgehead atoms. The molecule has 0 amide bonds. The first-order valence-corrected chi connectivity index (χ1v) is 6.11. The molecule has 0 unspecified atom stereocenters. The Balaban J connectivity index is 2.13. The maximum atomic E-state index is 5.79. The Morgan fingerprint density at radius 3 is 2.89 bits per heavy atom. The second-order valence-electron chi connectivity index (χ2n) is 4.30. The maximum Gasteiger partial charge on any atom is 0.158 e. The summed E-state index contributed by atoms with van der Waals surface area (Å²) in [6, 6.07) is 10.0. The minimum Gasteiger partial charge on any atom is -0.327 e. The van der Waals surface area contributed by atoms with Crippen LogP contribution in [-0.4, -0.2) is 21.6 Å². The molecule has 5 nitrogen and oxygen atoms in total. The molecule has 0 saturated carbocycles. The van der Waals surface area contributed by atoms with E-state index in [1.54, 1.807) is 12.4 Å². The molecule has 3 aromatic rings. The van der Waals surface area contributed by atoms with Crippen LogP contribution in [0.3, 0.4) is 0 Å². The summed E-state index contributed by atoms with van der Waals surface area (Å²) < 4.78 is 1.81. The summed E-state index contributed by atoms with van der Waals surface area (Å²) in [6.07, 6.45) is 5.35. The van der Waals surface area contributed by atoms with Gasteiger partial charge in [-0.15, -0.1) is 0 Å². The third-order valence-corrected chi connectivity index (χ3v) is 3.19. The predicted octanol–water partition coefficient (Wildman–Crippen LogP) is 1.96. The lowest BCUT2D eigenvalue weighted by molar-refractivity contribution is 0.936. The molecule has 0 atom stereocenters. The number of nitrogens with two attached hydrogens (primary N) is 1. The number of hydrogen-bond acceptors (Lipinski definition) is 4. The number of anilines is 2. The van der Waals surface area contributed by atoms with Crippen molar-refractivity contribution in [2.24, 2.45) is 5.73 Å². The van der Waals surface area contributed by atoms with Crippen LogP contribution in [-0.2, 0) is 6.54 Å². The molecule has 0 aliphatic carbocycles. The SMILES string of the molecule is CN(c1ccccc1CN)c1nccn2nccc12. The minimum atomic E-state index is 0.503. The van der Waals surface area contributed by atoms with Gasteiger partial charge in [-0.25, -0.2) is 9.50 Å². The zero-order chi connectivity index (χ0) is 13.2. The second-order valence-corrected chi connectivity index (χ2v) is 4.30. The molecule has 0 aliphatic rings. The Morgan fingerprint density at radius 1 is 1.21 bits per heavy atom. The Hall–Kier alpha value is -2.40. The monoisotopic (exact) mass is 253 g/mol. The molecular formula is C14H15N5. The molecule has 0 spiro atoms. The third kappa shape index (κ3) is 1.94. The quantitative estimate of drug-likeness (QED) is 0.775. The van der Waals surface area contributed by atoms with Crippen LogP contribution in [0, 0.1) is 0 Å². The van der Waals surface area contributed by atoms with Gasteiger partial charge in [-0.2, -0.15) is 5.10 Å². The zero-order valence-electron chi connectivity index (χ0n) is 10.7. The Bertz CT molecular complexity index is 704. The van der Waals surface area contributed by atoms with E-state index in [1.807, 2.05) is 53.0 Å². The van der Waals surface area contributed by atoms with Crippen molar-refractivity contribution in [3.63, 3.8) is 0 Å². The van der Waals surface area contributed by atoms with Crippen LogP contribution in [0.2, 0.25) is 0 Å². The van der Waals surface area contributed by atoms with E-state index in [2.05, 4.69) is 10.1 Å². The number of para-hydroxylation sites is 1. The maximum absolute atomic E-state index is 5.79. The van der Waals surface area contributed by atoms with Gasteiger partial charge in [-0.1, -0.05) is 18.2 Å². The topological polar surface area (TPSA) is 59.5 Å². The van der Waals surface area contributed by atoms with Crippen LogP contribution in [0.5, 0.6) is 0 Å². The van der Waals surface area contributed by atoms with Crippen molar-refractivity contribution in [2.75, 3.05) is 11.9 Å². The molecule has 0 aliphatic heterocycles. The summed E-state index contributed by atoms with van der Waals surface area (Å²) in [7, 11) is 1.99. The van der Waals surface area contributed by atoms with Gasteiger partial charge in [0.15, 0.2) is 5.82 Å². The molecular weight excluding hydrogens is 238 g/mol. The van der Waals surface area contributed by atoms with E-state index in [0.29, 0.717) is 6.54 Å². The molecule has 2 N–H and O–H groups in total. The third-order valence-electron chi connectivity index (χ3n) is 3.19. The van der Waals surface area contributed by atoms with Gasteiger partial charge in [-0.3, -0.25) is 0 Å². The van der Waals surface area contributed by atoms with E-state index < -0.39 is 0 Å². The molecule has 0 fully saturated rings. The van der Waals surface area contributed by atoms with Crippen molar-refractivity contribution in [1.82, 2.24) is 14.6 Å². The molecule has 3 rings (SSSR count). The summed E-state index contributed by atoms with van der Waals surface area (Å²) in [6.45, 7) is 0.503. The van der Waals surface area contributed by atoms with Crippen LogP contribution in [0.4, 0.5) is 11.5 Å². The highest BCUT2D eigenvalue weighted by Crippen LogP contribution is 2.27. The first-order chi connectivity index (χ1) is 9.31. The Labute approximate surface area is 111 Å². The van der Waals surface area contributed by atoms with Crippen molar-refractivity contribution < 1.29 is 0 Å². The number of hydrogen-bond donors (Lipinski definition) is 1. The molecule has 2 heterocycles. The van der Waals surface area contributed by atoms with Crippen molar-refractivity contribution in [2.45, 2.75) is 6.54 Å². The minimum absolute atomic E-state index is 0.503. The second kappa shape index (κ2) is 4.70. The molecule has 96 valence electrons. The van der Waals surface area contributed by atoms with Crippen LogP contribution in [0.1, 0.15) is 5.56 Å². The molecule has 0 saturated heterocycles. The standard InChI is InChI=1S/C14H15N5/c1-18(12-5-3-2-4-11(12)10-15)14-13-6-7-17-19(13)9-8-16-14/h2-9H,10,15H2,1H3. The fraction of sp³-hybridized carbons (Fsp3) is 0.143. The number of aromatic nitrogens is 3. The first-order valence-electron chi connectivity index (χ1n) is 6.11. The Morgan fingerprint density at radius 2 is 2.05 bits per heavy atom. The van der Waals surface area contributed by atoms with E-state index >= 15 is 0 Å². The van der Waals surface area contributed by atoms with E-state index in [9.17, 15) is 0 Å². The first kappa shape index (κ1) is 11.7. The predicted molar refractivity (Wildman–Crippen MR) is 75.4 cm³/mol. The fourth-order valence-electron chi connectivity index (χ4n) is 2.23. The normalized spacial score (nSPS) is 10.8. The summed E-state index contributed by atoms with van der Waals surface area (Å²) in [5, 5.41) is 4.22. The van der Waals surface area contributed by atoms with Gasteiger partial charge in [0.25, 0.3) is 0 Å². The summed E-state index contributed by atoms with van der Waals surface area (Å²) in [5.74, 6) is 0.862. The van der Waals surface area contributed by atoms with Gasteiger partial charge in [0.1, 0.15) is 5.52 Å². The van der Waals surface area contributed by atoms with Gasteiger partial charge < -0.3 is 10.6 Å². The highest BCUT2D eigenvalue weighted by Gasteiger charge is 2.12. The number of rotatable bonds is 3. The smallest absolute Gasteiger partial charge is 0.158 e.